The Hall–Kier alpha value is -1.49. The van der Waals surface area contributed by atoms with Gasteiger partial charge in [0.2, 0.25) is 5.91 Å². The van der Waals surface area contributed by atoms with E-state index in [1.165, 1.54) is 16.7 Å². The third-order valence-electron chi connectivity index (χ3n) is 2.80. The lowest BCUT2D eigenvalue weighted by molar-refractivity contribution is -0.116. The Bertz CT molecular complexity index is 733. The van der Waals surface area contributed by atoms with Crippen molar-refractivity contribution in [3.05, 3.63) is 61.4 Å². The van der Waals surface area contributed by atoms with E-state index in [1.54, 1.807) is 25.3 Å². The maximum atomic E-state index is 12.0. The van der Waals surface area contributed by atoms with E-state index in [0.29, 0.717) is 10.6 Å². The minimum absolute atomic E-state index is 0.129. The maximum absolute atomic E-state index is 12.0. The van der Waals surface area contributed by atoms with Gasteiger partial charge in [-0.25, -0.2) is 0 Å². The first-order chi connectivity index (χ1) is 9.88. The SMILES string of the molecule is Cc1cccn(CC(=O)Nc2c(Cl)cc(Cl)cc2Cl)c1=O. The van der Waals surface area contributed by atoms with Gasteiger partial charge in [-0.2, -0.15) is 0 Å². The number of aryl methyl sites for hydroxylation is 1. The van der Waals surface area contributed by atoms with Crippen molar-refractivity contribution >= 4 is 46.4 Å². The van der Waals surface area contributed by atoms with Gasteiger partial charge in [-0.3, -0.25) is 9.59 Å². The molecule has 0 aliphatic rings. The van der Waals surface area contributed by atoms with Gasteiger partial charge in [0.1, 0.15) is 6.54 Å². The highest BCUT2D eigenvalue weighted by Crippen LogP contribution is 2.33. The van der Waals surface area contributed by atoms with Crippen molar-refractivity contribution in [2.45, 2.75) is 13.5 Å². The van der Waals surface area contributed by atoms with Gasteiger partial charge in [-0.05, 0) is 25.1 Å². The van der Waals surface area contributed by atoms with E-state index >= 15 is 0 Å². The zero-order valence-electron chi connectivity index (χ0n) is 11.0. The lowest BCUT2D eigenvalue weighted by atomic mass is 10.3. The van der Waals surface area contributed by atoms with Crippen molar-refractivity contribution in [1.82, 2.24) is 4.57 Å². The number of carbonyl (C=O) groups is 1. The molecule has 0 saturated heterocycles. The highest BCUT2D eigenvalue weighted by Gasteiger charge is 2.12. The van der Waals surface area contributed by atoms with Crippen LogP contribution in [0.25, 0.3) is 0 Å². The number of carbonyl (C=O) groups excluding carboxylic acids is 1. The minimum Gasteiger partial charge on any atom is -0.322 e. The van der Waals surface area contributed by atoms with Gasteiger partial charge in [0.05, 0.1) is 15.7 Å². The Labute approximate surface area is 136 Å². The third-order valence-corrected chi connectivity index (χ3v) is 3.61. The second-order valence-corrected chi connectivity index (χ2v) is 5.67. The summed E-state index contributed by atoms with van der Waals surface area (Å²) in [5.74, 6) is -0.408. The van der Waals surface area contributed by atoms with Crippen LogP contribution in [0.15, 0.2) is 35.3 Å². The summed E-state index contributed by atoms with van der Waals surface area (Å²) in [6.45, 7) is 1.56. The molecule has 0 aliphatic carbocycles. The molecule has 1 heterocycles. The van der Waals surface area contributed by atoms with Gasteiger partial charge in [0.15, 0.2) is 0 Å². The molecule has 2 aromatic rings. The molecule has 1 amide bonds. The zero-order valence-corrected chi connectivity index (χ0v) is 13.3. The predicted octanol–water partition coefficient (Wildman–Crippen LogP) is 3.76. The smallest absolute Gasteiger partial charge is 0.253 e. The first-order valence-corrected chi connectivity index (χ1v) is 7.12. The summed E-state index contributed by atoms with van der Waals surface area (Å²) in [6.07, 6.45) is 1.54. The van der Waals surface area contributed by atoms with E-state index in [1.807, 2.05) is 0 Å². The average Bonchev–Trinajstić information content (AvgIpc) is 2.39. The van der Waals surface area contributed by atoms with Gasteiger partial charge < -0.3 is 9.88 Å². The second kappa shape index (κ2) is 6.52. The molecule has 0 fully saturated rings. The Morgan fingerprint density at radius 2 is 1.86 bits per heavy atom. The van der Waals surface area contributed by atoms with Crippen molar-refractivity contribution in [2.75, 3.05) is 5.32 Å². The molecular formula is C14H11Cl3N2O2. The molecule has 21 heavy (non-hydrogen) atoms. The number of nitrogens with one attached hydrogen (secondary N) is 1. The molecule has 0 saturated carbocycles. The van der Waals surface area contributed by atoms with Crippen LogP contribution in [0.1, 0.15) is 5.56 Å². The Morgan fingerprint density at radius 3 is 2.48 bits per heavy atom. The zero-order chi connectivity index (χ0) is 15.6. The number of hydrogen-bond acceptors (Lipinski definition) is 2. The molecule has 1 aromatic heterocycles. The molecule has 0 atom stereocenters. The van der Waals surface area contributed by atoms with Crippen molar-refractivity contribution in [3.8, 4) is 0 Å². The van der Waals surface area contributed by atoms with Gasteiger partial charge in [-0.1, -0.05) is 40.9 Å². The largest absolute Gasteiger partial charge is 0.322 e. The van der Waals surface area contributed by atoms with Crippen molar-refractivity contribution in [3.63, 3.8) is 0 Å². The summed E-state index contributed by atoms with van der Waals surface area (Å²) in [6, 6.07) is 6.34. The molecule has 2 rings (SSSR count). The first kappa shape index (κ1) is 15.9. The van der Waals surface area contributed by atoms with Crippen molar-refractivity contribution in [1.29, 1.82) is 0 Å². The summed E-state index contributed by atoms with van der Waals surface area (Å²) >= 11 is 17.8. The summed E-state index contributed by atoms with van der Waals surface area (Å²) in [4.78, 5) is 23.9. The lowest BCUT2D eigenvalue weighted by Gasteiger charge is -2.11. The van der Waals surface area contributed by atoms with E-state index in [0.717, 1.165) is 0 Å². The molecule has 0 bridgehead atoms. The van der Waals surface area contributed by atoms with Gasteiger partial charge >= 0.3 is 0 Å². The van der Waals surface area contributed by atoms with Crippen LogP contribution in [0.2, 0.25) is 15.1 Å². The number of rotatable bonds is 3. The molecule has 1 N–H and O–H groups in total. The molecular weight excluding hydrogens is 335 g/mol. The summed E-state index contributed by atoms with van der Waals surface area (Å²) in [5.41, 5.74) is 0.613. The van der Waals surface area contributed by atoms with Crippen molar-refractivity contribution < 1.29 is 4.79 Å². The van der Waals surface area contributed by atoms with Crippen LogP contribution in [0.3, 0.4) is 0 Å². The normalized spacial score (nSPS) is 10.5. The highest BCUT2D eigenvalue weighted by molar-refractivity contribution is 6.42. The molecule has 0 radical (unpaired) electrons. The fourth-order valence-corrected chi connectivity index (χ4v) is 2.69. The van der Waals surface area contributed by atoms with Gasteiger partial charge in [0, 0.05) is 16.8 Å². The number of aromatic nitrogens is 1. The highest BCUT2D eigenvalue weighted by atomic mass is 35.5. The summed E-state index contributed by atoms with van der Waals surface area (Å²) < 4.78 is 1.31. The van der Waals surface area contributed by atoms with E-state index in [4.69, 9.17) is 34.8 Å². The summed E-state index contributed by atoms with van der Waals surface area (Å²) in [7, 11) is 0. The molecule has 7 heteroatoms. The number of pyridine rings is 1. The van der Waals surface area contributed by atoms with E-state index in [-0.39, 0.29) is 27.8 Å². The lowest BCUT2D eigenvalue weighted by Crippen LogP contribution is -2.28. The Morgan fingerprint density at radius 1 is 1.24 bits per heavy atom. The van der Waals surface area contributed by atoms with Gasteiger partial charge in [0.25, 0.3) is 5.56 Å². The summed E-state index contributed by atoms with van der Waals surface area (Å²) in [5, 5.41) is 3.42. The number of anilines is 1. The van der Waals surface area contributed by atoms with E-state index < -0.39 is 5.91 Å². The number of benzene rings is 1. The molecule has 110 valence electrons. The number of nitrogens with zero attached hydrogens (tertiary/aromatic N) is 1. The van der Waals surface area contributed by atoms with Crippen molar-refractivity contribution in [2.24, 2.45) is 0 Å². The van der Waals surface area contributed by atoms with Crippen LogP contribution in [-0.2, 0) is 11.3 Å². The molecule has 0 aliphatic heterocycles. The monoisotopic (exact) mass is 344 g/mol. The molecule has 0 unspecified atom stereocenters. The fraction of sp³-hybridized carbons (Fsp3) is 0.143. The Balaban J connectivity index is 2.20. The van der Waals surface area contributed by atoms with Crippen LogP contribution in [-0.4, -0.2) is 10.5 Å². The standard InChI is InChI=1S/C14H11Cl3N2O2/c1-8-3-2-4-19(14(8)21)7-12(20)18-13-10(16)5-9(15)6-11(13)17/h2-6H,7H2,1H3,(H,18,20). The average molecular weight is 346 g/mol. The molecule has 1 aromatic carbocycles. The fourth-order valence-electron chi connectivity index (χ4n) is 1.78. The van der Waals surface area contributed by atoms with Gasteiger partial charge in [-0.15, -0.1) is 0 Å². The first-order valence-electron chi connectivity index (χ1n) is 5.99. The van der Waals surface area contributed by atoms with Crippen LogP contribution in [0, 0.1) is 6.92 Å². The van der Waals surface area contributed by atoms with E-state index in [9.17, 15) is 9.59 Å². The maximum Gasteiger partial charge on any atom is 0.253 e. The van der Waals surface area contributed by atoms with Crippen LogP contribution < -0.4 is 10.9 Å². The predicted molar refractivity (Wildman–Crippen MR) is 85.5 cm³/mol. The molecule has 4 nitrogen and oxygen atoms in total. The van der Waals surface area contributed by atoms with Crippen LogP contribution in [0.4, 0.5) is 5.69 Å². The van der Waals surface area contributed by atoms with Crippen LogP contribution in [0.5, 0.6) is 0 Å². The molecule has 0 spiro atoms. The minimum atomic E-state index is -0.408. The van der Waals surface area contributed by atoms with E-state index in [2.05, 4.69) is 5.32 Å². The number of amides is 1. The quantitative estimate of drug-likeness (QED) is 0.921. The Kier molecular flexibility index (Phi) is 4.93. The number of halogens is 3. The number of hydrogen-bond donors (Lipinski definition) is 1. The van der Waals surface area contributed by atoms with Crippen LogP contribution >= 0.6 is 34.8 Å². The second-order valence-electron chi connectivity index (χ2n) is 4.42. The topological polar surface area (TPSA) is 51.1 Å². The third kappa shape index (κ3) is 3.79.